The molecule has 0 saturated heterocycles. The van der Waals surface area contributed by atoms with Gasteiger partial charge in [0.15, 0.2) is 0 Å². The Morgan fingerprint density at radius 1 is 1.30 bits per heavy atom. The first kappa shape index (κ1) is 12.7. The van der Waals surface area contributed by atoms with Crippen molar-refractivity contribution in [1.29, 1.82) is 0 Å². The molecule has 0 aliphatic heterocycles. The van der Waals surface area contributed by atoms with Crippen molar-refractivity contribution >= 4 is 27.4 Å². The second-order valence-corrected chi connectivity index (χ2v) is 5.58. The van der Waals surface area contributed by atoms with E-state index in [9.17, 15) is 14.7 Å². The summed E-state index contributed by atoms with van der Waals surface area (Å²) in [6.45, 7) is 0.269. The zero-order valence-corrected chi connectivity index (χ0v) is 11.6. The Morgan fingerprint density at radius 2 is 2.05 bits per heavy atom. The van der Waals surface area contributed by atoms with E-state index in [0.717, 1.165) is 10.1 Å². The summed E-state index contributed by atoms with van der Waals surface area (Å²) >= 11 is 1.24. The van der Waals surface area contributed by atoms with Gasteiger partial charge in [0.1, 0.15) is 4.88 Å². The predicted octanol–water partition coefficient (Wildman–Crippen LogP) is 2.15. The predicted molar refractivity (Wildman–Crippen MR) is 77.6 cm³/mol. The zero-order valence-electron chi connectivity index (χ0n) is 10.7. The lowest BCUT2D eigenvalue weighted by molar-refractivity contribution is 0.0701. The maximum Gasteiger partial charge on any atom is 0.346 e. The van der Waals surface area contributed by atoms with Crippen LogP contribution in [0.25, 0.3) is 10.1 Å². The van der Waals surface area contributed by atoms with E-state index in [1.807, 2.05) is 24.3 Å². The molecule has 2 heterocycles. The molecular weight excluding hydrogens is 276 g/mol. The van der Waals surface area contributed by atoms with Crippen molar-refractivity contribution in [1.82, 2.24) is 9.13 Å². The summed E-state index contributed by atoms with van der Waals surface area (Å²) in [7, 11) is 1.67. The van der Waals surface area contributed by atoms with Gasteiger partial charge in [-0.25, -0.2) is 9.59 Å². The van der Waals surface area contributed by atoms with Crippen molar-refractivity contribution in [2.24, 2.45) is 7.05 Å². The minimum atomic E-state index is -0.954. The fourth-order valence-electron chi connectivity index (χ4n) is 2.23. The number of aromatic nitrogens is 2. The highest BCUT2D eigenvalue weighted by Crippen LogP contribution is 2.31. The van der Waals surface area contributed by atoms with E-state index in [2.05, 4.69) is 0 Å². The summed E-state index contributed by atoms with van der Waals surface area (Å²) in [6, 6.07) is 7.53. The number of benzene rings is 1. The van der Waals surface area contributed by atoms with E-state index in [1.165, 1.54) is 20.5 Å². The summed E-state index contributed by atoms with van der Waals surface area (Å²) in [5.41, 5.74) is 0.531. The molecule has 0 aliphatic carbocycles. The fraction of sp³-hybridized carbons (Fsp3) is 0.143. The number of carboxylic acids is 1. The molecule has 2 aromatic heterocycles. The average molecular weight is 288 g/mol. The van der Waals surface area contributed by atoms with Crippen molar-refractivity contribution in [2.45, 2.75) is 6.54 Å². The molecule has 0 aliphatic rings. The van der Waals surface area contributed by atoms with E-state index in [1.54, 1.807) is 19.4 Å². The molecule has 0 unspecified atom stereocenters. The van der Waals surface area contributed by atoms with Gasteiger partial charge in [0.25, 0.3) is 0 Å². The molecule has 3 rings (SSSR count). The molecule has 102 valence electrons. The van der Waals surface area contributed by atoms with Crippen LogP contribution in [0.4, 0.5) is 0 Å². The van der Waals surface area contributed by atoms with Gasteiger partial charge in [-0.05, 0) is 11.5 Å². The van der Waals surface area contributed by atoms with Gasteiger partial charge in [0.05, 0.1) is 6.54 Å². The highest BCUT2D eigenvalue weighted by molar-refractivity contribution is 7.21. The Balaban J connectivity index is 2.19. The molecule has 20 heavy (non-hydrogen) atoms. The summed E-state index contributed by atoms with van der Waals surface area (Å²) in [4.78, 5) is 23.6. The molecule has 1 aromatic carbocycles. The van der Waals surface area contributed by atoms with Crippen molar-refractivity contribution < 1.29 is 9.90 Å². The second-order valence-electron chi connectivity index (χ2n) is 4.53. The van der Waals surface area contributed by atoms with Crippen LogP contribution in [0, 0.1) is 0 Å². The number of aromatic carboxylic acids is 1. The number of nitrogens with zero attached hydrogens (tertiary/aromatic N) is 2. The van der Waals surface area contributed by atoms with Gasteiger partial charge in [-0.15, -0.1) is 11.3 Å². The molecule has 0 amide bonds. The Hall–Kier alpha value is -2.34. The SMILES string of the molecule is Cn1ccn(Cc2c(C(=O)O)sc3ccccc23)c1=O. The summed E-state index contributed by atoms with van der Waals surface area (Å²) in [6.07, 6.45) is 3.33. The summed E-state index contributed by atoms with van der Waals surface area (Å²) < 4.78 is 3.90. The minimum Gasteiger partial charge on any atom is -0.477 e. The molecule has 5 nitrogen and oxygen atoms in total. The third-order valence-corrected chi connectivity index (χ3v) is 4.44. The lowest BCUT2D eigenvalue weighted by Crippen LogP contribution is -2.22. The van der Waals surface area contributed by atoms with Crippen molar-refractivity contribution in [3.05, 3.63) is 57.6 Å². The number of hydrogen-bond donors (Lipinski definition) is 1. The molecule has 0 fully saturated rings. The molecule has 3 aromatic rings. The van der Waals surface area contributed by atoms with E-state index in [4.69, 9.17) is 0 Å². The van der Waals surface area contributed by atoms with Crippen molar-refractivity contribution in [3.8, 4) is 0 Å². The van der Waals surface area contributed by atoms with Crippen LogP contribution in [-0.2, 0) is 13.6 Å². The maximum absolute atomic E-state index is 11.9. The smallest absolute Gasteiger partial charge is 0.346 e. The number of carboxylic acid groups (broad SMARTS) is 1. The minimum absolute atomic E-state index is 0.156. The van der Waals surface area contributed by atoms with Gasteiger partial charge in [0, 0.05) is 29.7 Å². The second kappa shape index (κ2) is 4.64. The Morgan fingerprint density at radius 3 is 2.70 bits per heavy atom. The number of rotatable bonds is 3. The molecular formula is C14H12N2O3S. The average Bonchev–Trinajstić information content (AvgIpc) is 2.95. The number of hydrogen-bond acceptors (Lipinski definition) is 3. The monoisotopic (exact) mass is 288 g/mol. The molecule has 0 saturated carbocycles. The van der Waals surface area contributed by atoms with Crippen LogP contribution in [0.2, 0.25) is 0 Å². The van der Waals surface area contributed by atoms with E-state index in [0.29, 0.717) is 10.4 Å². The number of carbonyl (C=O) groups is 1. The number of imidazole rings is 1. The largest absolute Gasteiger partial charge is 0.477 e. The van der Waals surface area contributed by atoms with Crippen molar-refractivity contribution in [3.63, 3.8) is 0 Å². The van der Waals surface area contributed by atoms with E-state index < -0.39 is 5.97 Å². The van der Waals surface area contributed by atoms with Gasteiger partial charge >= 0.3 is 11.7 Å². The third-order valence-electron chi connectivity index (χ3n) is 3.24. The molecule has 0 bridgehead atoms. The first-order valence-electron chi connectivity index (χ1n) is 6.03. The van der Waals surface area contributed by atoms with E-state index >= 15 is 0 Å². The Kier molecular flexibility index (Phi) is 2.94. The molecule has 0 atom stereocenters. The van der Waals surface area contributed by atoms with Crippen LogP contribution in [0.1, 0.15) is 15.2 Å². The van der Waals surface area contributed by atoms with Crippen LogP contribution in [0.15, 0.2) is 41.5 Å². The third kappa shape index (κ3) is 1.94. The van der Waals surface area contributed by atoms with Gasteiger partial charge in [-0.3, -0.25) is 4.57 Å². The normalized spacial score (nSPS) is 11.1. The highest BCUT2D eigenvalue weighted by atomic mass is 32.1. The topological polar surface area (TPSA) is 64.2 Å². The van der Waals surface area contributed by atoms with Crippen LogP contribution in [-0.4, -0.2) is 20.2 Å². The molecule has 0 radical (unpaired) electrons. The van der Waals surface area contributed by atoms with Crippen LogP contribution in [0.5, 0.6) is 0 Å². The standard InChI is InChI=1S/C14H12N2O3S/c1-15-6-7-16(14(15)19)8-10-9-4-2-3-5-11(9)20-12(10)13(17)18/h2-7H,8H2,1H3,(H,17,18). The highest BCUT2D eigenvalue weighted by Gasteiger charge is 2.18. The number of thiophene rings is 1. The van der Waals surface area contributed by atoms with Gasteiger partial charge in [-0.2, -0.15) is 0 Å². The van der Waals surface area contributed by atoms with Crippen molar-refractivity contribution in [2.75, 3.05) is 0 Å². The van der Waals surface area contributed by atoms with Crippen LogP contribution >= 0.6 is 11.3 Å². The fourth-order valence-corrected chi connectivity index (χ4v) is 3.28. The summed E-state index contributed by atoms with van der Waals surface area (Å²) in [5, 5.41) is 10.2. The number of aryl methyl sites for hydroxylation is 1. The number of fused-ring (bicyclic) bond motifs is 1. The van der Waals surface area contributed by atoms with Gasteiger partial charge in [-0.1, -0.05) is 18.2 Å². The Labute approximate surface area is 118 Å². The lowest BCUT2D eigenvalue weighted by Gasteiger charge is -2.02. The van der Waals surface area contributed by atoms with E-state index in [-0.39, 0.29) is 12.2 Å². The first-order valence-corrected chi connectivity index (χ1v) is 6.85. The first-order chi connectivity index (χ1) is 9.58. The van der Waals surface area contributed by atoms with Crippen LogP contribution < -0.4 is 5.69 Å². The molecule has 1 N–H and O–H groups in total. The van der Waals surface area contributed by atoms with Gasteiger partial charge < -0.3 is 9.67 Å². The maximum atomic E-state index is 11.9. The quantitative estimate of drug-likeness (QED) is 0.803. The van der Waals surface area contributed by atoms with Crippen LogP contribution in [0.3, 0.4) is 0 Å². The summed E-state index contributed by atoms with van der Waals surface area (Å²) in [5.74, 6) is -0.954. The van der Waals surface area contributed by atoms with Gasteiger partial charge in [0.2, 0.25) is 0 Å². The molecule has 0 spiro atoms. The molecule has 6 heteroatoms. The Bertz CT molecular complexity index is 857. The zero-order chi connectivity index (χ0) is 14.3. The lowest BCUT2D eigenvalue weighted by atomic mass is 10.1.